The molecule has 1 heterocycles. The van der Waals surface area contributed by atoms with Crippen molar-refractivity contribution < 1.29 is 9.53 Å². The molecular weight excluding hydrogens is 264 g/mol. The minimum absolute atomic E-state index is 0.0333. The summed E-state index contributed by atoms with van der Waals surface area (Å²) in [7, 11) is 0. The van der Waals surface area contributed by atoms with Crippen molar-refractivity contribution in [2.45, 2.75) is 19.8 Å². The van der Waals surface area contributed by atoms with Gasteiger partial charge in [-0.3, -0.25) is 9.78 Å². The summed E-state index contributed by atoms with van der Waals surface area (Å²) in [5.41, 5.74) is 0.832. The van der Waals surface area contributed by atoms with E-state index in [0.29, 0.717) is 13.0 Å². The molecule has 1 aromatic heterocycles. The fourth-order valence-corrected chi connectivity index (χ4v) is 1.88. The summed E-state index contributed by atoms with van der Waals surface area (Å²) >= 11 is 0. The molecule has 1 aromatic carbocycles. The maximum atomic E-state index is 11.2. The van der Waals surface area contributed by atoms with Crippen LogP contribution in [0.5, 0.6) is 5.75 Å². The van der Waals surface area contributed by atoms with Crippen molar-refractivity contribution in [3.05, 3.63) is 36.5 Å². The number of pyridine rings is 1. The van der Waals surface area contributed by atoms with Gasteiger partial charge in [0.1, 0.15) is 17.9 Å². The van der Waals surface area contributed by atoms with Crippen LogP contribution >= 0.6 is 0 Å². The van der Waals surface area contributed by atoms with Crippen LogP contribution < -0.4 is 10.1 Å². The lowest BCUT2D eigenvalue weighted by Crippen LogP contribution is -2.22. The Balaban J connectivity index is 1.85. The Morgan fingerprint density at radius 1 is 1.29 bits per heavy atom. The maximum Gasteiger partial charge on any atom is 0.220 e. The minimum atomic E-state index is 0.0333. The van der Waals surface area contributed by atoms with Gasteiger partial charge in [-0.1, -0.05) is 37.0 Å². The number of carbonyl (C=O) groups excluding carboxylic acids is 1. The zero-order valence-corrected chi connectivity index (χ0v) is 12.1. The van der Waals surface area contributed by atoms with Crippen LogP contribution in [0.4, 0.5) is 0 Å². The van der Waals surface area contributed by atoms with Crippen molar-refractivity contribution >= 4 is 16.8 Å². The molecule has 0 bridgehead atoms. The molecule has 4 nitrogen and oxygen atoms in total. The zero-order chi connectivity index (χ0) is 14.9. The first-order valence-corrected chi connectivity index (χ1v) is 7.00. The number of fused-ring (bicyclic) bond motifs is 1. The van der Waals surface area contributed by atoms with E-state index in [4.69, 9.17) is 4.74 Å². The van der Waals surface area contributed by atoms with Crippen molar-refractivity contribution in [2.24, 2.45) is 0 Å². The van der Waals surface area contributed by atoms with E-state index in [-0.39, 0.29) is 12.5 Å². The summed E-state index contributed by atoms with van der Waals surface area (Å²) in [6.07, 6.45) is 3.13. The predicted octanol–water partition coefficient (Wildman–Crippen LogP) is 2.53. The average molecular weight is 282 g/mol. The van der Waals surface area contributed by atoms with Gasteiger partial charge in [0, 0.05) is 18.0 Å². The molecule has 1 amide bonds. The first kappa shape index (κ1) is 14.9. The van der Waals surface area contributed by atoms with Crippen LogP contribution in [0.25, 0.3) is 10.9 Å². The molecule has 0 fully saturated rings. The van der Waals surface area contributed by atoms with Gasteiger partial charge in [0.05, 0.1) is 6.54 Å². The molecule has 108 valence electrons. The molecule has 0 saturated carbocycles. The predicted molar refractivity (Wildman–Crippen MR) is 82.9 cm³/mol. The summed E-state index contributed by atoms with van der Waals surface area (Å²) in [5.74, 6) is 6.50. The standard InChI is InChI=1S/C17H18N2O2/c1-2-7-16(20)18-11-3-4-13-21-15-10-5-8-14-9-6-12-19-17(14)15/h5-6,8-10,12H,2,7,11,13H2,1H3,(H,18,20). The highest BCUT2D eigenvalue weighted by molar-refractivity contribution is 5.84. The second-order valence-corrected chi connectivity index (χ2v) is 4.50. The van der Waals surface area contributed by atoms with Crippen LogP contribution in [0, 0.1) is 11.8 Å². The Bertz CT molecular complexity index is 666. The lowest BCUT2D eigenvalue weighted by atomic mass is 10.2. The number of nitrogens with zero attached hydrogens (tertiary/aromatic N) is 1. The number of carbonyl (C=O) groups is 1. The zero-order valence-electron chi connectivity index (χ0n) is 12.1. The smallest absolute Gasteiger partial charge is 0.220 e. The highest BCUT2D eigenvalue weighted by Crippen LogP contribution is 2.22. The number of aromatic nitrogens is 1. The van der Waals surface area contributed by atoms with Crippen LogP contribution in [-0.4, -0.2) is 24.0 Å². The molecule has 0 aliphatic heterocycles. The molecule has 0 spiro atoms. The van der Waals surface area contributed by atoms with Gasteiger partial charge in [-0.15, -0.1) is 0 Å². The molecule has 0 saturated heterocycles. The molecule has 2 rings (SSSR count). The van der Waals surface area contributed by atoms with Gasteiger partial charge in [-0.2, -0.15) is 0 Å². The lowest BCUT2D eigenvalue weighted by molar-refractivity contribution is -0.120. The number of nitrogens with one attached hydrogen (secondary N) is 1. The molecule has 0 aliphatic carbocycles. The minimum Gasteiger partial charge on any atom is -0.479 e. The van der Waals surface area contributed by atoms with Crippen molar-refractivity contribution in [3.63, 3.8) is 0 Å². The molecule has 0 unspecified atom stereocenters. The Hall–Kier alpha value is -2.54. The van der Waals surface area contributed by atoms with Crippen LogP contribution in [0.2, 0.25) is 0 Å². The van der Waals surface area contributed by atoms with E-state index in [1.54, 1.807) is 6.20 Å². The van der Waals surface area contributed by atoms with Gasteiger partial charge < -0.3 is 10.1 Å². The largest absolute Gasteiger partial charge is 0.479 e. The van der Waals surface area contributed by atoms with E-state index >= 15 is 0 Å². The van der Waals surface area contributed by atoms with Gasteiger partial charge >= 0.3 is 0 Å². The van der Waals surface area contributed by atoms with Crippen LogP contribution in [0.3, 0.4) is 0 Å². The number of para-hydroxylation sites is 1. The van der Waals surface area contributed by atoms with E-state index in [1.165, 1.54) is 0 Å². The third-order valence-corrected chi connectivity index (χ3v) is 2.87. The molecule has 4 heteroatoms. The number of ether oxygens (including phenoxy) is 1. The summed E-state index contributed by atoms with van der Waals surface area (Å²) in [4.78, 5) is 15.5. The summed E-state index contributed by atoms with van der Waals surface area (Å²) in [6, 6.07) is 9.68. The summed E-state index contributed by atoms with van der Waals surface area (Å²) < 4.78 is 5.63. The van der Waals surface area contributed by atoms with Crippen molar-refractivity contribution in [1.82, 2.24) is 10.3 Å². The van der Waals surface area contributed by atoms with Crippen molar-refractivity contribution in [3.8, 4) is 17.6 Å². The third kappa shape index (κ3) is 4.50. The highest BCUT2D eigenvalue weighted by atomic mass is 16.5. The Morgan fingerprint density at radius 3 is 3.00 bits per heavy atom. The second kappa shape index (κ2) is 7.91. The number of benzene rings is 1. The summed E-state index contributed by atoms with van der Waals surface area (Å²) in [5, 5.41) is 3.77. The fourth-order valence-electron chi connectivity index (χ4n) is 1.88. The van der Waals surface area contributed by atoms with E-state index in [0.717, 1.165) is 23.1 Å². The van der Waals surface area contributed by atoms with Crippen LogP contribution in [-0.2, 0) is 4.79 Å². The molecule has 0 atom stereocenters. The van der Waals surface area contributed by atoms with Gasteiger partial charge in [0.25, 0.3) is 0 Å². The topological polar surface area (TPSA) is 51.2 Å². The molecule has 1 N–H and O–H groups in total. The molecular formula is C17H18N2O2. The van der Waals surface area contributed by atoms with Crippen molar-refractivity contribution in [1.29, 1.82) is 0 Å². The van der Waals surface area contributed by atoms with E-state index in [9.17, 15) is 4.79 Å². The van der Waals surface area contributed by atoms with Gasteiger partial charge in [-0.25, -0.2) is 0 Å². The van der Waals surface area contributed by atoms with Gasteiger partial charge in [0.15, 0.2) is 0 Å². The Labute approximate surface area is 124 Å². The van der Waals surface area contributed by atoms with E-state index in [1.807, 2.05) is 37.3 Å². The number of rotatable bonds is 5. The molecule has 2 aromatic rings. The first-order chi connectivity index (χ1) is 10.3. The van der Waals surface area contributed by atoms with Crippen molar-refractivity contribution in [2.75, 3.05) is 13.2 Å². The van der Waals surface area contributed by atoms with E-state index in [2.05, 4.69) is 22.1 Å². The molecule has 21 heavy (non-hydrogen) atoms. The van der Waals surface area contributed by atoms with E-state index < -0.39 is 0 Å². The first-order valence-electron chi connectivity index (χ1n) is 7.00. The van der Waals surface area contributed by atoms with Gasteiger partial charge in [0.2, 0.25) is 5.91 Å². The Kier molecular flexibility index (Phi) is 5.60. The third-order valence-electron chi connectivity index (χ3n) is 2.87. The maximum absolute atomic E-state index is 11.2. The van der Waals surface area contributed by atoms with Gasteiger partial charge in [-0.05, 0) is 18.6 Å². The highest BCUT2D eigenvalue weighted by Gasteiger charge is 2.01. The van der Waals surface area contributed by atoms with Crippen LogP contribution in [0.1, 0.15) is 19.8 Å². The Morgan fingerprint density at radius 2 is 2.14 bits per heavy atom. The number of amides is 1. The fraction of sp³-hybridized carbons (Fsp3) is 0.294. The molecule has 0 radical (unpaired) electrons. The normalized spacial score (nSPS) is 9.76. The lowest BCUT2D eigenvalue weighted by Gasteiger charge is -2.05. The summed E-state index contributed by atoms with van der Waals surface area (Å²) in [6.45, 7) is 2.60. The molecule has 0 aliphatic rings. The monoisotopic (exact) mass is 282 g/mol. The number of hydrogen-bond acceptors (Lipinski definition) is 3. The quantitative estimate of drug-likeness (QED) is 0.857. The second-order valence-electron chi connectivity index (χ2n) is 4.50. The SMILES string of the molecule is CCCC(=O)NCC#CCOc1cccc2cccnc12. The van der Waals surface area contributed by atoms with Crippen LogP contribution in [0.15, 0.2) is 36.5 Å². The number of hydrogen-bond donors (Lipinski definition) is 1. The average Bonchev–Trinajstić information content (AvgIpc) is 2.51.